The largest absolute Gasteiger partial charge is 0.324 e. The van der Waals surface area contributed by atoms with Crippen LogP contribution in [0.25, 0.3) is 0 Å². The fourth-order valence-electron chi connectivity index (χ4n) is 1.78. The Hall–Kier alpha value is -1.81. The number of rotatable bonds is 4. The van der Waals surface area contributed by atoms with Gasteiger partial charge in [-0.25, -0.2) is 0 Å². The topological polar surface area (TPSA) is 42.0 Å². The standard InChI is InChI=1S/C15H16N2OS/c1-11-7-13(10-16-9-11)17-15(18)14(19)8-12-5-3-2-4-6-12/h2-7,9-10,14,19H,8H2,1H3,(H,17,18). The zero-order chi connectivity index (χ0) is 13.7. The molecule has 1 heterocycles. The van der Waals surface area contributed by atoms with Crippen molar-refractivity contribution in [2.75, 3.05) is 5.32 Å². The number of anilines is 1. The van der Waals surface area contributed by atoms with Gasteiger partial charge in [-0.3, -0.25) is 9.78 Å². The van der Waals surface area contributed by atoms with E-state index in [9.17, 15) is 4.79 Å². The summed E-state index contributed by atoms with van der Waals surface area (Å²) in [5, 5.41) is 2.45. The molecule has 0 fully saturated rings. The molecule has 0 saturated heterocycles. The summed E-state index contributed by atoms with van der Waals surface area (Å²) >= 11 is 4.36. The van der Waals surface area contributed by atoms with Crippen molar-refractivity contribution in [1.82, 2.24) is 4.98 Å². The lowest BCUT2D eigenvalue weighted by Crippen LogP contribution is -2.25. The van der Waals surface area contributed by atoms with Crippen LogP contribution < -0.4 is 5.32 Å². The molecule has 1 N–H and O–H groups in total. The summed E-state index contributed by atoms with van der Waals surface area (Å²) in [6.45, 7) is 1.94. The van der Waals surface area contributed by atoms with Gasteiger partial charge >= 0.3 is 0 Å². The third kappa shape index (κ3) is 4.10. The molecule has 3 nitrogen and oxygen atoms in total. The van der Waals surface area contributed by atoms with E-state index < -0.39 is 0 Å². The maximum absolute atomic E-state index is 12.0. The van der Waals surface area contributed by atoms with Crippen LogP contribution in [-0.2, 0) is 11.2 Å². The van der Waals surface area contributed by atoms with Crippen molar-refractivity contribution in [3.05, 3.63) is 59.9 Å². The maximum Gasteiger partial charge on any atom is 0.237 e. The third-order valence-corrected chi connectivity index (χ3v) is 3.13. The Morgan fingerprint density at radius 3 is 2.74 bits per heavy atom. The predicted molar refractivity (Wildman–Crippen MR) is 80.5 cm³/mol. The van der Waals surface area contributed by atoms with Crippen molar-refractivity contribution in [2.24, 2.45) is 0 Å². The first-order valence-electron chi connectivity index (χ1n) is 6.09. The minimum absolute atomic E-state index is 0.111. The first kappa shape index (κ1) is 13.6. The second-order valence-electron chi connectivity index (χ2n) is 4.45. The van der Waals surface area contributed by atoms with Crippen LogP contribution in [0.15, 0.2) is 48.8 Å². The Morgan fingerprint density at radius 2 is 2.05 bits per heavy atom. The lowest BCUT2D eigenvalue weighted by atomic mass is 10.1. The first-order chi connectivity index (χ1) is 9.15. The monoisotopic (exact) mass is 272 g/mol. The molecule has 0 bridgehead atoms. The summed E-state index contributed by atoms with van der Waals surface area (Å²) in [5.41, 5.74) is 2.81. The fourth-order valence-corrected chi connectivity index (χ4v) is 2.05. The molecular formula is C15H16N2OS. The summed E-state index contributed by atoms with van der Waals surface area (Å²) in [7, 11) is 0. The van der Waals surface area contributed by atoms with Gasteiger partial charge in [-0.15, -0.1) is 0 Å². The van der Waals surface area contributed by atoms with Gasteiger partial charge in [0.25, 0.3) is 0 Å². The maximum atomic E-state index is 12.0. The highest BCUT2D eigenvalue weighted by Crippen LogP contribution is 2.12. The Kier molecular flexibility index (Phi) is 4.58. The number of carbonyl (C=O) groups is 1. The Balaban J connectivity index is 1.96. The molecule has 1 unspecified atom stereocenters. The van der Waals surface area contributed by atoms with E-state index in [-0.39, 0.29) is 11.2 Å². The Morgan fingerprint density at radius 1 is 1.32 bits per heavy atom. The average molecular weight is 272 g/mol. The normalized spacial score (nSPS) is 11.9. The average Bonchev–Trinajstić information content (AvgIpc) is 2.40. The summed E-state index contributed by atoms with van der Waals surface area (Å²) in [4.78, 5) is 16.1. The number of benzene rings is 1. The quantitative estimate of drug-likeness (QED) is 0.840. The molecule has 19 heavy (non-hydrogen) atoms. The molecule has 1 amide bonds. The molecule has 1 aromatic heterocycles. The van der Waals surface area contributed by atoms with Crippen molar-refractivity contribution in [1.29, 1.82) is 0 Å². The van der Waals surface area contributed by atoms with Gasteiger partial charge in [-0.2, -0.15) is 12.6 Å². The number of amides is 1. The van der Waals surface area contributed by atoms with Crippen molar-refractivity contribution < 1.29 is 4.79 Å². The summed E-state index contributed by atoms with van der Waals surface area (Å²) in [6, 6.07) is 11.7. The predicted octanol–water partition coefficient (Wildman–Crippen LogP) is 2.87. The van der Waals surface area contributed by atoms with Gasteiger partial charge in [0.1, 0.15) is 0 Å². The summed E-state index contributed by atoms with van der Waals surface area (Å²) in [5.74, 6) is -0.111. The van der Waals surface area contributed by atoms with Crippen LogP contribution in [-0.4, -0.2) is 16.1 Å². The SMILES string of the molecule is Cc1cncc(NC(=O)C(S)Cc2ccccc2)c1. The van der Waals surface area contributed by atoms with Gasteiger partial charge in [0.05, 0.1) is 17.1 Å². The zero-order valence-electron chi connectivity index (χ0n) is 10.7. The van der Waals surface area contributed by atoms with E-state index in [1.807, 2.05) is 43.3 Å². The molecule has 1 atom stereocenters. The van der Waals surface area contributed by atoms with Crippen LogP contribution in [0.1, 0.15) is 11.1 Å². The van der Waals surface area contributed by atoms with Crippen LogP contribution in [0.2, 0.25) is 0 Å². The van der Waals surface area contributed by atoms with E-state index in [0.29, 0.717) is 12.1 Å². The first-order valence-corrected chi connectivity index (χ1v) is 6.61. The number of aryl methyl sites for hydroxylation is 1. The number of hydrogen-bond donors (Lipinski definition) is 2. The minimum Gasteiger partial charge on any atom is -0.324 e. The number of aromatic nitrogens is 1. The van der Waals surface area contributed by atoms with Crippen molar-refractivity contribution in [2.45, 2.75) is 18.6 Å². The Bertz CT molecular complexity index is 557. The number of thiol groups is 1. The molecule has 0 aliphatic rings. The van der Waals surface area contributed by atoms with Crippen molar-refractivity contribution >= 4 is 24.2 Å². The van der Waals surface area contributed by atoms with Gasteiger partial charge in [0.15, 0.2) is 0 Å². The second-order valence-corrected chi connectivity index (χ2v) is 5.07. The molecule has 2 rings (SSSR count). The molecule has 4 heteroatoms. The van der Waals surface area contributed by atoms with Crippen LogP contribution >= 0.6 is 12.6 Å². The van der Waals surface area contributed by atoms with E-state index in [0.717, 1.165) is 11.1 Å². The number of hydrogen-bond acceptors (Lipinski definition) is 3. The van der Waals surface area contributed by atoms with Crippen LogP contribution in [0.3, 0.4) is 0 Å². The lowest BCUT2D eigenvalue weighted by molar-refractivity contribution is -0.115. The smallest absolute Gasteiger partial charge is 0.237 e. The van der Waals surface area contributed by atoms with Crippen molar-refractivity contribution in [3.63, 3.8) is 0 Å². The molecule has 2 aromatic rings. The van der Waals surface area contributed by atoms with Gasteiger partial charge in [0, 0.05) is 6.20 Å². The van der Waals surface area contributed by atoms with E-state index in [1.165, 1.54) is 0 Å². The number of nitrogens with one attached hydrogen (secondary N) is 1. The molecular weight excluding hydrogens is 256 g/mol. The molecule has 98 valence electrons. The molecule has 1 aromatic carbocycles. The number of pyridine rings is 1. The lowest BCUT2D eigenvalue weighted by Gasteiger charge is -2.11. The van der Waals surface area contributed by atoms with Gasteiger partial charge in [-0.05, 0) is 30.5 Å². The van der Waals surface area contributed by atoms with E-state index in [1.54, 1.807) is 12.4 Å². The second kappa shape index (κ2) is 6.38. The number of carbonyl (C=O) groups excluding carboxylic acids is 1. The van der Waals surface area contributed by atoms with E-state index in [2.05, 4.69) is 22.9 Å². The zero-order valence-corrected chi connectivity index (χ0v) is 11.6. The summed E-state index contributed by atoms with van der Waals surface area (Å²) in [6.07, 6.45) is 3.99. The fraction of sp³-hybridized carbons (Fsp3) is 0.200. The van der Waals surface area contributed by atoms with Crippen LogP contribution in [0, 0.1) is 6.92 Å². The highest BCUT2D eigenvalue weighted by atomic mass is 32.1. The van der Waals surface area contributed by atoms with Crippen LogP contribution in [0.4, 0.5) is 5.69 Å². The Labute approximate surface area is 118 Å². The van der Waals surface area contributed by atoms with E-state index >= 15 is 0 Å². The minimum atomic E-state index is -0.372. The van der Waals surface area contributed by atoms with Gasteiger partial charge in [-0.1, -0.05) is 30.3 Å². The molecule has 0 aliphatic carbocycles. The molecule has 0 radical (unpaired) electrons. The molecule has 0 spiro atoms. The number of nitrogens with zero attached hydrogens (tertiary/aromatic N) is 1. The highest BCUT2D eigenvalue weighted by molar-refractivity contribution is 7.81. The molecule has 0 saturated carbocycles. The van der Waals surface area contributed by atoms with E-state index in [4.69, 9.17) is 0 Å². The highest BCUT2D eigenvalue weighted by Gasteiger charge is 2.14. The summed E-state index contributed by atoms with van der Waals surface area (Å²) < 4.78 is 0. The van der Waals surface area contributed by atoms with Gasteiger partial charge in [0.2, 0.25) is 5.91 Å². The third-order valence-electron chi connectivity index (χ3n) is 2.72. The van der Waals surface area contributed by atoms with Gasteiger partial charge < -0.3 is 5.32 Å². The molecule has 0 aliphatic heterocycles. The van der Waals surface area contributed by atoms with Crippen molar-refractivity contribution in [3.8, 4) is 0 Å². The van der Waals surface area contributed by atoms with Crippen LogP contribution in [0.5, 0.6) is 0 Å².